The van der Waals surface area contributed by atoms with Gasteiger partial charge in [0.1, 0.15) is 0 Å². The fourth-order valence-corrected chi connectivity index (χ4v) is 2.25. The third-order valence-electron chi connectivity index (χ3n) is 1.38. The molecule has 2 heteroatoms. The third-order valence-corrected chi connectivity index (χ3v) is 3.43. The van der Waals surface area contributed by atoms with Crippen LogP contribution in [0.4, 0.5) is 0 Å². The summed E-state index contributed by atoms with van der Waals surface area (Å²) in [4.78, 5) is 1.79. The van der Waals surface area contributed by atoms with Gasteiger partial charge in [-0.25, -0.2) is 0 Å². The van der Waals surface area contributed by atoms with Gasteiger partial charge in [0.05, 0.1) is 0 Å². The zero-order valence-corrected chi connectivity index (χ0v) is 9.39. The van der Waals surface area contributed by atoms with Crippen molar-refractivity contribution in [3.05, 3.63) is 24.8 Å². The maximum absolute atomic E-state index is 8.24. The van der Waals surface area contributed by atoms with Crippen molar-refractivity contribution < 1.29 is 0 Å². The van der Waals surface area contributed by atoms with Crippen molar-refractivity contribution >= 4 is 19.8 Å². The number of hydrogen-bond donors (Lipinski definition) is 0. The van der Waals surface area contributed by atoms with Gasteiger partial charge in [0.25, 0.3) is 0 Å². The average molecular weight is 221 g/mol. The molecule has 0 heterocycles. The van der Waals surface area contributed by atoms with Gasteiger partial charge in [-0.1, -0.05) is 0 Å². The van der Waals surface area contributed by atoms with E-state index in [2.05, 4.69) is 18.7 Å². The molecule has 0 aliphatic carbocycles. The quantitative estimate of drug-likeness (QED) is 0.383. The van der Waals surface area contributed by atoms with Crippen LogP contribution >= 0.6 is 0 Å². The Bertz CT molecular complexity index is 198. The first-order valence-corrected chi connectivity index (χ1v) is 6.83. The van der Waals surface area contributed by atoms with Gasteiger partial charge < -0.3 is 0 Å². The summed E-state index contributed by atoms with van der Waals surface area (Å²) in [5.74, 6) is 0. The van der Waals surface area contributed by atoms with Crippen molar-refractivity contribution in [2.75, 3.05) is 0 Å². The average Bonchev–Trinajstić information content (AvgIpc) is 2.10. The first kappa shape index (κ1) is 11.4. The molecule has 0 saturated carbocycles. The molecule has 0 amide bonds. The van der Waals surface area contributed by atoms with Crippen LogP contribution in [0.15, 0.2) is 24.8 Å². The molecule has 0 spiro atoms. The molecule has 0 N–H and O–H groups in total. The van der Waals surface area contributed by atoms with E-state index in [0.29, 0.717) is 0 Å². The van der Waals surface area contributed by atoms with Gasteiger partial charge in [-0.3, -0.25) is 0 Å². The normalized spacial score (nSPS) is 10.6. The fraction of sp³-hybridized carbons (Fsp3) is 0.400. The molecule has 0 rings (SSSR count). The van der Waals surface area contributed by atoms with Crippen LogP contribution in [-0.4, -0.2) is 19.8 Å². The molecule has 1 radical (unpaired) electrons. The minimum atomic E-state index is -0.0495. The number of rotatable bonds is 6. The van der Waals surface area contributed by atoms with Gasteiger partial charge in [-0.15, -0.1) is 0 Å². The Morgan fingerprint density at radius 3 is 2.92 bits per heavy atom. The van der Waals surface area contributed by atoms with Crippen LogP contribution in [0.1, 0.15) is 19.3 Å². The Morgan fingerprint density at radius 2 is 2.25 bits per heavy atom. The second kappa shape index (κ2) is 10.4. The molecule has 0 aliphatic rings. The van der Waals surface area contributed by atoms with Gasteiger partial charge >= 0.3 is 80.5 Å². The summed E-state index contributed by atoms with van der Waals surface area (Å²) in [6, 6.07) is 2.08. The maximum atomic E-state index is 8.24. The van der Waals surface area contributed by atoms with E-state index < -0.39 is 0 Å². The van der Waals surface area contributed by atoms with Crippen LogP contribution in [0.25, 0.3) is 0 Å². The van der Waals surface area contributed by atoms with E-state index >= 15 is 0 Å². The van der Waals surface area contributed by atoms with Crippen LogP contribution in [0.3, 0.4) is 0 Å². The zero-order valence-electron chi connectivity index (χ0n) is 7.29. The van der Waals surface area contributed by atoms with E-state index in [1.807, 2.05) is 6.08 Å². The first-order chi connectivity index (χ1) is 5.91. The number of nitriles is 1. The van der Waals surface area contributed by atoms with Crippen LogP contribution in [0.2, 0.25) is 5.25 Å². The monoisotopic (exact) mass is 222 g/mol. The molecule has 0 aromatic rings. The molecule has 63 valence electrons. The zero-order chi connectivity index (χ0) is 9.07. The topological polar surface area (TPSA) is 23.8 Å². The van der Waals surface area contributed by atoms with Gasteiger partial charge in [0.2, 0.25) is 0 Å². The molecule has 0 saturated heterocycles. The minimum absolute atomic E-state index is 0.0495. The SMILES string of the molecule is C=C/C=C/CCC[CH2][Ge]=[CH]C#N. The second-order valence-corrected chi connectivity index (χ2v) is 4.90. The molecule has 0 unspecified atom stereocenters. The van der Waals surface area contributed by atoms with E-state index in [1.54, 1.807) is 10.9 Å². The molecular weight excluding hydrogens is 207 g/mol. The molecule has 0 bridgehead atoms. The molecule has 0 aromatic heterocycles. The first-order valence-electron chi connectivity index (χ1n) is 4.14. The summed E-state index contributed by atoms with van der Waals surface area (Å²) in [6.07, 6.45) is 9.58. The van der Waals surface area contributed by atoms with Gasteiger partial charge in [-0.05, 0) is 0 Å². The number of nitrogens with zero attached hydrogens (tertiary/aromatic N) is 1. The van der Waals surface area contributed by atoms with Gasteiger partial charge in [0.15, 0.2) is 0 Å². The van der Waals surface area contributed by atoms with E-state index in [1.165, 1.54) is 18.1 Å². The summed E-state index contributed by atoms with van der Waals surface area (Å²) in [5.41, 5.74) is 0. The fourth-order valence-electron chi connectivity index (χ4n) is 0.800. The van der Waals surface area contributed by atoms with Crippen molar-refractivity contribution in [1.29, 1.82) is 5.26 Å². The molecular formula is C10H14GeN. The Labute approximate surface area is 80.8 Å². The molecule has 0 fully saturated rings. The summed E-state index contributed by atoms with van der Waals surface area (Å²) in [5, 5.41) is 9.50. The van der Waals surface area contributed by atoms with Gasteiger partial charge in [-0.2, -0.15) is 0 Å². The standard InChI is InChI=1S/C10H14GeN/c1-2-3-4-5-6-7-8-11-9-10-12/h2-4,9H,1,5-8H2/b4-3+,11-9?. The van der Waals surface area contributed by atoms with E-state index in [4.69, 9.17) is 5.26 Å². The van der Waals surface area contributed by atoms with Crippen molar-refractivity contribution in [2.45, 2.75) is 24.5 Å². The van der Waals surface area contributed by atoms with Crippen molar-refractivity contribution in [3.8, 4) is 6.07 Å². The molecule has 1 nitrogen and oxygen atoms in total. The summed E-state index contributed by atoms with van der Waals surface area (Å²) in [7, 11) is 0. The predicted octanol–water partition coefficient (Wildman–Crippen LogP) is 2.35. The predicted molar refractivity (Wildman–Crippen MR) is 55.4 cm³/mol. The molecule has 0 aromatic carbocycles. The second-order valence-electron chi connectivity index (χ2n) is 2.39. The molecule has 12 heavy (non-hydrogen) atoms. The molecule has 0 atom stereocenters. The van der Waals surface area contributed by atoms with Crippen molar-refractivity contribution in [3.63, 3.8) is 0 Å². The number of unbranched alkanes of at least 4 members (excludes halogenated alkanes) is 2. The number of hydrogen-bond acceptors (Lipinski definition) is 1. The van der Waals surface area contributed by atoms with Crippen LogP contribution in [-0.2, 0) is 0 Å². The Hall–Kier alpha value is -0.617. The Balaban J connectivity index is 3.12. The summed E-state index contributed by atoms with van der Waals surface area (Å²) < 4.78 is 0. The molecule has 0 aliphatic heterocycles. The van der Waals surface area contributed by atoms with Gasteiger partial charge in [0, 0.05) is 0 Å². The summed E-state index contributed by atoms with van der Waals surface area (Å²) in [6.45, 7) is 3.60. The van der Waals surface area contributed by atoms with Crippen molar-refractivity contribution in [2.24, 2.45) is 0 Å². The van der Waals surface area contributed by atoms with E-state index in [-0.39, 0.29) is 15.0 Å². The van der Waals surface area contributed by atoms with Crippen LogP contribution in [0, 0.1) is 11.3 Å². The van der Waals surface area contributed by atoms with E-state index in [9.17, 15) is 0 Å². The Kier molecular flexibility index (Phi) is 9.85. The van der Waals surface area contributed by atoms with Crippen LogP contribution in [0.5, 0.6) is 0 Å². The summed E-state index contributed by atoms with van der Waals surface area (Å²) >= 11 is -0.0495. The number of allylic oxidation sites excluding steroid dienone is 3. The third kappa shape index (κ3) is 9.38. The Morgan fingerprint density at radius 1 is 1.42 bits per heavy atom. The van der Waals surface area contributed by atoms with E-state index in [0.717, 1.165) is 6.42 Å². The van der Waals surface area contributed by atoms with Crippen molar-refractivity contribution in [1.82, 2.24) is 0 Å². The van der Waals surface area contributed by atoms with Crippen LogP contribution < -0.4 is 0 Å².